The molecule has 2 aliphatic rings. The molecule has 0 N–H and O–H groups in total. The van der Waals surface area contributed by atoms with Crippen LogP contribution < -0.4 is 0 Å². The molecule has 0 spiro atoms. The molecule has 0 aliphatic carbocycles. The number of methoxy groups -OCH3 is 1. The fourth-order valence-corrected chi connectivity index (χ4v) is 5.13. The first-order chi connectivity index (χ1) is 13.7. The summed E-state index contributed by atoms with van der Waals surface area (Å²) < 4.78 is 4.69. The van der Waals surface area contributed by atoms with Crippen LogP contribution in [0.1, 0.15) is 24.5 Å². The van der Waals surface area contributed by atoms with Gasteiger partial charge in [-0.2, -0.15) is 11.8 Å². The van der Waals surface area contributed by atoms with Crippen molar-refractivity contribution in [3.63, 3.8) is 0 Å². The third kappa shape index (κ3) is 5.09. The minimum Gasteiger partial charge on any atom is -0.385 e. The van der Waals surface area contributed by atoms with E-state index >= 15 is 0 Å². The lowest BCUT2D eigenvalue weighted by molar-refractivity contribution is 0.182. The largest absolute Gasteiger partial charge is 0.385 e. The van der Waals surface area contributed by atoms with E-state index in [1.807, 2.05) is 48.2 Å². The van der Waals surface area contributed by atoms with Gasteiger partial charge in [-0.1, -0.05) is 67.6 Å². The van der Waals surface area contributed by atoms with Gasteiger partial charge in [0.15, 0.2) is 0 Å². The van der Waals surface area contributed by atoms with Crippen molar-refractivity contribution in [2.24, 2.45) is 0 Å². The van der Waals surface area contributed by atoms with Gasteiger partial charge in [0.25, 0.3) is 0 Å². The van der Waals surface area contributed by atoms with Crippen LogP contribution >= 0.6 is 11.8 Å². The number of benzene rings is 2. The lowest BCUT2D eigenvalue weighted by Gasteiger charge is -2.22. The molecule has 0 radical (unpaired) electrons. The molecule has 2 aromatic carbocycles. The SMILES string of the molecule is CCCOC.O=C1N(Cc2ccccc2)[C@@H]2CSC[C@@H]2N1Cc1ccccc1. The summed E-state index contributed by atoms with van der Waals surface area (Å²) in [5.74, 6) is 2.10. The maximum absolute atomic E-state index is 13.0. The molecule has 0 unspecified atom stereocenters. The van der Waals surface area contributed by atoms with Crippen LogP contribution in [0.3, 0.4) is 0 Å². The van der Waals surface area contributed by atoms with Crippen LogP contribution in [0, 0.1) is 0 Å². The third-order valence-electron chi connectivity index (χ3n) is 5.11. The van der Waals surface area contributed by atoms with Crippen molar-refractivity contribution in [3.8, 4) is 0 Å². The summed E-state index contributed by atoms with van der Waals surface area (Å²) in [5.41, 5.74) is 2.41. The van der Waals surface area contributed by atoms with Crippen LogP contribution in [0.15, 0.2) is 60.7 Å². The van der Waals surface area contributed by atoms with Gasteiger partial charge in [-0.25, -0.2) is 4.79 Å². The van der Waals surface area contributed by atoms with E-state index in [0.717, 1.165) is 24.5 Å². The molecule has 2 heterocycles. The van der Waals surface area contributed by atoms with Crippen molar-refractivity contribution >= 4 is 17.8 Å². The zero-order chi connectivity index (χ0) is 19.8. The molecule has 2 aliphatic heterocycles. The number of amides is 2. The van der Waals surface area contributed by atoms with Crippen molar-refractivity contribution in [1.29, 1.82) is 0 Å². The highest BCUT2D eigenvalue weighted by Crippen LogP contribution is 2.35. The smallest absolute Gasteiger partial charge is 0.321 e. The summed E-state index contributed by atoms with van der Waals surface area (Å²) in [6.45, 7) is 4.41. The Kier molecular flexibility index (Phi) is 7.80. The molecule has 0 bridgehead atoms. The van der Waals surface area contributed by atoms with E-state index in [9.17, 15) is 4.79 Å². The predicted octanol–water partition coefficient (Wildman–Crippen LogP) is 4.65. The van der Waals surface area contributed by atoms with Crippen LogP contribution in [-0.2, 0) is 17.8 Å². The summed E-state index contributed by atoms with van der Waals surface area (Å²) >= 11 is 1.96. The van der Waals surface area contributed by atoms with Crippen molar-refractivity contribution in [3.05, 3.63) is 71.8 Å². The molecule has 2 atom stereocenters. The van der Waals surface area contributed by atoms with Gasteiger partial charge in [-0.15, -0.1) is 0 Å². The lowest BCUT2D eigenvalue weighted by atomic mass is 10.1. The fourth-order valence-electron chi connectivity index (χ4n) is 3.71. The topological polar surface area (TPSA) is 32.8 Å². The van der Waals surface area contributed by atoms with Gasteiger partial charge < -0.3 is 14.5 Å². The van der Waals surface area contributed by atoms with Gasteiger partial charge in [0.2, 0.25) is 0 Å². The highest BCUT2D eigenvalue weighted by molar-refractivity contribution is 7.99. The number of nitrogens with zero attached hydrogens (tertiary/aromatic N) is 2. The van der Waals surface area contributed by atoms with E-state index in [4.69, 9.17) is 4.74 Å². The highest BCUT2D eigenvalue weighted by atomic mass is 32.2. The van der Waals surface area contributed by atoms with Gasteiger partial charge >= 0.3 is 6.03 Å². The third-order valence-corrected chi connectivity index (χ3v) is 6.27. The second-order valence-electron chi connectivity index (χ2n) is 7.17. The summed E-state index contributed by atoms with van der Waals surface area (Å²) in [6, 6.07) is 21.5. The molecule has 4 rings (SSSR count). The number of fused-ring (bicyclic) bond motifs is 1. The second-order valence-corrected chi connectivity index (χ2v) is 8.25. The first-order valence-corrected chi connectivity index (χ1v) is 11.1. The van der Waals surface area contributed by atoms with E-state index < -0.39 is 0 Å². The number of hydrogen-bond acceptors (Lipinski definition) is 3. The Labute approximate surface area is 172 Å². The van der Waals surface area contributed by atoms with Crippen molar-refractivity contribution < 1.29 is 9.53 Å². The minimum absolute atomic E-state index is 0.188. The van der Waals surface area contributed by atoms with Gasteiger partial charge in [0, 0.05) is 38.3 Å². The Hall–Kier alpha value is -1.98. The number of rotatable bonds is 6. The first kappa shape index (κ1) is 20.7. The summed E-state index contributed by atoms with van der Waals surface area (Å²) in [5, 5.41) is 0. The van der Waals surface area contributed by atoms with Gasteiger partial charge in [0.1, 0.15) is 0 Å². The second kappa shape index (κ2) is 10.5. The van der Waals surface area contributed by atoms with Crippen LogP contribution in [0.5, 0.6) is 0 Å². The zero-order valence-corrected chi connectivity index (χ0v) is 17.6. The number of carbonyl (C=O) groups excluding carboxylic acids is 1. The van der Waals surface area contributed by atoms with Gasteiger partial charge in [-0.05, 0) is 17.5 Å². The Bertz CT molecular complexity index is 666. The lowest BCUT2D eigenvalue weighted by Crippen LogP contribution is -2.35. The van der Waals surface area contributed by atoms with Gasteiger partial charge in [0.05, 0.1) is 12.1 Å². The monoisotopic (exact) mass is 398 g/mol. The van der Waals surface area contributed by atoms with E-state index in [-0.39, 0.29) is 6.03 Å². The van der Waals surface area contributed by atoms with E-state index in [1.54, 1.807) is 7.11 Å². The molecule has 4 nitrogen and oxygen atoms in total. The number of carbonyl (C=O) groups is 1. The fraction of sp³-hybridized carbons (Fsp3) is 0.435. The Balaban J connectivity index is 0.000000403. The molecule has 0 aromatic heterocycles. The standard InChI is InChI=1S/C19H20N2OS.C4H10O/c22-19-20(11-15-7-3-1-4-8-15)17-13-23-14-18(17)21(19)12-16-9-5-2-6-10-16;1-3-4-5-2/h1-10,17-18H,11-14H2;3-4H2,1-2H3/t17-,18+;. The Morgan fingerprint density at radius 1 is 0.893 bits per heavy atom. The minimum atomic E-state index is 0.188. The normalized spacial score (nSPS) is 20.7. The van der Waals surface area contributed by atoms with Crippen molar-refractivity contribution in [1.82, 2.24) is 9.80 Å². The van der Waals surface area contributed by atoms with Crippen LogP contribution in [0.25, 0.3) is 0 Å². The molecule has 0 saturated carbocycles. The Morgan fingerprint density at radius 2 is 1.36 bits per heavy atom. The Morgan fingerprint density at radius 3 is 1.71 bits per heavy atom. The van der Waals surface area contributed by atoms with Gasteiger partial charge in [-0.3, -0.25) is 0 Å². The quantitative estimate of drug-likeness (QED) is 0.664. The van der Waals surface area contributed by atoms with E-state index in [0.29, 0.717) is 25.2 Å². The molecule has 150 valence electrons. The predicted molar refractivity (Wildman–Crippen MR) is 116 cm³/mol. The maximum atomic E-state index is 13.0. The molecular formula is C23H30N2O2S. The molecule has 2 fully saturated rings. The van der Waals surface area contributed by atoms with E-state index in [1.165, 1.54) is 11.1 Å². The molecule has 2 amide bonds. The number of urea groups is 1. The molecule has 28 heavy (non-hydrogen) atoms. The van der Waals surface area contributed by atoms with Crippen molar-refractivity contribution in [2.75, 3.05) is 25.2 Å². The van der Waals surface area contributed by atoms with Crippen LogP contribution in [0.4, 0.5) is 4.79 Å². The highest BCUT2D eigenvalue weighted by Gasteiger charge is 2.48. The van der Waals surface area contributed by atoms with E-state index in [2.05, 4.69) is 41.0 Å². The van der Waals surface area contributed by atoms with Crippen LogP contribution in [-0.4, -0.2) is 53.1 Å². The molecule has 5 heteroatoms. The van der Waals surface area contributed by atoms with Crippen molar-refractivity contribution in [2.45, 2.75) is 38.5 Å². The summed E-state index contributed by atoms with van der Waals surface area (Å²) in [4.78, 5) is 17.1. The van der Waals surface area contributed by atoms with Crippen LogP contribution in [0.2, 0.25) is 0 Å². The number of ether oxygens (including phenoxy) is 1. The average molecular weight is 399 g/mol. The summed E-state index contributed by atoms with van der Waals surface area (Å²) in [6.07, 6.45) is 1.12. The average Bonchev–Trinajstić information content (AvgIpc) is 3.29. The zero-order valence-electron chi connectivity index (χ0n) is 16.8. The number of hydrogen-bond donors (Lipinski definition) is 0. The first-order valence-electron chi connectivity index (χ1n) is 9.96. The molecule has 2 aromatic rings. The summed E-state index contributed by atoms with van der Waals surface area (Å²) in [7, 11) is 1.71. The molecule has 2 saturated heterocycles. The number of thioether (sulfide) groups is 1. The molecular weight excluding hydrogens is 368 g/mol. The maximum Gasteiger partial charge on any atom is 0.321 e.